The highest BCUT2D eigenvalue weighted by Crippen LogP contribution is 2.43. The molecule has 0 bridgehead atoms. The molecule has 0 aliphatic carbocycles. The van der Waals surface area contributed by atoms with E-state index >= 15 is 0 Å². The molecule has 0 heterocycles. The van der Waals surface area contributed by atoms with E-state index in [9.17, 15) is 0 Å². The molecular weight excluding hydrogens is 883 g/mol. The van der Waals surface area contributed by atoms with Crippen LogP contribution in [0.1, 0.15) is 0 Å². The Kier molecular flexibility index (Phi) is 11.2. The Bertz CT molecular complexity index is 4050. The summed E-state index contributed by atoms with van der Waals surface area (Å²) in [6.07, 6.45) is 0. The average molecular weight is 932 g/mol. The summed E-state index contributed by atoms with van der Waals surface area (Å²) in [7, 11) is 0. The predicted octanol–water partition coefficient (Wildman–Crippen LogP) is 20.0. The zero-order valence-corrected chi connectivity index (χ0v) is 40.1. The van der Waals surface area contributed by atoms with Crippen molar-refractivity contribution in [2.45, 2.75) is 0 Å². The first kappa shape index (κ1) is 43.3. The van der Waals surface area contributed by atoms with Gasteiger partial charge in [-0.3, -0.25) is 0 Å². The molecule has 13 rings (SSSR count). The summed E-state index contributed by atoms with van der Waals surface area (Å²) in [4.78, 5) is 7.08. The molecule has 0 fully saturated rings. The molecule has 3 nitrogen and oxygen atoms in total. The van der Waals surface area contributed by atoms with E-state index in [1.807, 2.05) is 0 Å². The summed E-state index contributed by atoms with van der Waals surface area (Å²) in [6.45, 7) is 0. The highest BCUT2D eigenvalue weighted by molar-refractivity contribution is 6.10. The number of hydrogen-bond donors (Lipinski definition) is 0. The number of rotatable bonds is 11. The van der Waals surface area contributed by atoms with E-state index in [4.69, 9.17) is 0 Å². The number of para-hydroxylation sites is 3. The Morgan fingerprint density at radius 1 is 0.164 bits per heavy atom. The van der Waals surface area contributed by atoms with Crippen LogP contribution in [0, 0.1) is 0 Å². The Hall–Kier alpha value is -9.70. The maximum absolute atomic E-state index is 2.38. The molecule has 0 aromatic heterocycles. The molecule has 0 aliphatic rings. The maximum Gasteiger partial charge on any atom is 0.0540 e. The van der Waals surface area contributed by atoms with Gasteiger partial charge in [-0.2, -0.15) is 0 Å². The molecule has 0 spiro atoms. The lowest BCUT2D eigenvalue weighted by atomic mass is 9.99. The van der Waals surface area contributed by atoms with Crippen LogP contribution in [0.15, 0.2) is 297 Å². The summed E-state index contributed by atoms with van der Waals surface area (Å²) in [5.41, 5.74) is 14.8. The van der Waals surface area contributed by atoms with Crippen LogP contribution in [0.5, 0.6) is 0 Å². The Morgan fingerprint density at radius 3 is 0.904 bits per heavy atom. The van der Waals surface area contributed by atoms with Crippen LogP contribution < -0.4 is 14.7 Å². The fourth-order valence-corrected chi connectivity index (χ4v) is 10.6. The fourth-order valence-electron chi connectivity index (χ4n) is 10.6. The van der Waals surface area contributed by atoms with E-state index in [-0.39, 0.29) is 0 Å². The van der Waals surface area contributed by atoms with Gasteiger partial charge < -0.3 is 14.7 Å². The first-order valence-electron chi connectivity index (χ1n) is 25.0. The van der Waals surface area contributed by atoms with Crippen LogP contribution in [0.25, 0.3) is 65.3 Å². The van der Waals surface area contributed by atoms with Gasteiger partial charge in [-0.05, 0) is 152 Å². The van der Waals surface area contributed by atoms with Crippen molar-refractivity contribution >= 4 is 94.3 Å². The number of fused-ring (bicyclic) bond motifs is 5. The van der Waals surface area contributed by atoms with Crippen molar-refractivity contribution in [3.63, 3.8) is 0 Å². The van der Waals surface area contributed by atoms with Gasteiger partial charge in [0.1, 0.15) is 0 Å². The molecule has 73 heavy (non-hydrogen) atoms. The zero-order chi connectivity index (χ0) is 48.5. The highest BCUT2D eigenvalue weighted by atomic mass is 15.2. The maximum atomic E-state index is 2.38. The second-order valence-corrected chi connectivity index (χ2v) is 18.6. The molecule has 13 aromatic rings. The summed E-state index contributed by atoms with van der Waals surface area (Å²) in [5.74, 6) is 0. The average Bonchev–Trinajstić information content (AvgIpc) is 3.47. The first-order chi connectivity index (χ1) is 36.2. The van der Waals surface area contributed by atoms with Gasteiger partial charge in [0.25, 0.3) is 0 Å². The molecule has 3 heteroatoms. The van der Waals surface area contributed by atoms with Crippen molar-refractivity contribution in [1.82, 2.24) is 0 Å². The van der Waals surface area contributed by atoms with Crippen LogP contribution in [0.3, 0.4) is 0 Å². The van der Waals surface area contributed by atoms with Gasteiger partial charge in [0.05, 0.1) is 11.4 Å². The number of benzene rings is 13. The third-order valence-corrected chi connectivity index (χ3v) is 14.2. The highest BCUT2D eigenvalue weighted by Gasteiger charge is 2.19. The van der Waals surface area contributed by atoms with Crippen LogP contribution in [-0.4, -0.2) is 0 Å². The molecule has 344 valence electrons. The Balaban J connectivity index is 0.782. The largest absolute Gasteiger partial charge is 0.310 e. The van der Waals surface area contributed by atoms with Gasteiger partial charge in [0.2, 0.25) is 0 Å². The van der Waals surface area contributed by atoms with Crippen LogP contribution in [-0.2, 0) is 0 Å². The quantitative estimate of drug-likeness (QED) is 0.120. The van der Waals surface area contributed by atoms with Crippen molar-refractivity contribution in [1.29, 1.82) is 0 Å². The molecule has 0 N–H and O–H groups in total. The van der Waals surface area contributed by atoms with Crippen LogP contribution in [0.2, 0.25) is 0 Å². The lowest BCUT2D eigenvalue weighted by Gasteiger charge is -2.27. The minimum atomic E-state index is 1.10. The van der Waals surface area contributed by atoms with E-state index in [2.05, 4.69) is 312 Å². The molecule has 0 unspecified atom stereocenters. The number of nitrogens with zero attached hydrogens (tertiary/aromatic N) is 3. The van der Waals surface area contributed by atoms with Crippen molar-refractivity contribution in [2.24, 2.45) is 0 Å². The molecule has 0 saturated carbocycles. The summed E-state index contributed by atoms with van der Waals surface area (Å²) in [6, 6.07) is 107. The minimum Gasteiger partial charge on any atom is -0.310 e. The van der Waals surface area contributed by atoms with Crippen LogP contribution >= 0.6 is 0 Å². The standard InChI is InChI=1S/C70H49N3/c1-4-20-58(21-5-1)71(63-44-46-65-56(48-63)34-35-57-49-64(45-47-66(57)65)73(60-24-8-3-9-25-60)70-29-15-19-55-17-11-13-27-68(55)70)61-40-36-52(37-41-61)50-30-32-51(33-31-50)53-38-42-62(43-39-53)72(59-22-6-2-7-23-59)69-28-14-18-54-16-10-12-26-67(54)69/h1-49H. The van der Waals surface area contributed by atoms with Crippen molar-refractivity contribution in [3.8, 4) is 22.3 Å². The lowest BCUT2D eigenvalue weighted by molar-refractivity contribution is 1.29. The van der Waals surface area contributed by atoms with Gasteiger partial charge in [-0.15, -0.1) is 0 Å². The zero-order valence-electron chi connectivity index (χ0n) is 40.1. The normalized spacial score (nSPS) is 11.3. The lowest BCUT2D eigenvalue weighted by Crippen LogP contribution is -2.10. The van der Waals surface area contributed by atoms with E-state index in [1.165, 1.54) is 65.3 Å². The monoisotopic (exact) mass is 931 g/mol. The van der Waals surface area contributed by atoms with Gasteiger partial charge in [-0.25, -0.2) is 0 Å². The molecule has 0 saturated heterocycles. The molecule has 0 amide bonds. The molecule has 0 aliphatic heterocycles. The SMILES string of the molecule is c1ccc(N(c2ccc(-c3ccc(-c4ccc(N(c5ccccc5)c5cccc6ccccc56)cc4)cc3)cc2)c2ccc3c(ccc4cc(N(c5ccccc5)c5cccc6ccccc56)ccc43)c2)cc1. The van der Waals surface area contributed by atoms with Crippen molar-refractivity contribution in [3.05, 3.63) is 297 Å². The van der Waals surface area contributed by atoms with E-state index in [0.29, 0.717) is 0 Å². The summed E-state index contributed by atoms with van der Waals surface area (Å²) >= 11 is 0. The predicted molar refractivity (Wildman–Crippen MR) is 311 cm³/mol. The van der Waals surface area contributed by atoms with E-state index in [1.54, 1.807) is 0 Å². The van der Waals surface area contributed by atoms with Crippen molar-refractivity contribution < 1.29 is 0 Å². The molecular formula is C70H49N3. The third kappa shape index (κ3) is 8.29. The van der Waals surface area contributed by atoms with Gasteiger partial charge >= 0.3 is 0 Å². The third-order valence-electron chi connectivity index (χ3n) is 14.2. The second-order valence-electron chi connectivity index (χ2n) is 18.6. The van der Waals surface area contributed by atoms with Crippen molar-refractivity contribution in [2.75, 3.05) is 14.7 Å². The molecule has 0 atom stereocenters. The first-order valence-corrected chi connectivity index (χ1v) is 25.0. The number of anilines is 9. The van der Waals surface area contributed by atoms with Crippen LogP contribution in [0.4, 0.5) is 51.2 Å². The van der Waals surface area contributed by atoms with E-state index < -0.39 is 0 Å². The summed E-state index contributed by atoms with van der Waals surface area (Å²) < 4.78 is 0. The minimum absolute atomic E-state index is 1.10. The summed E-state index contributed by atoms with van der Waals surface area (Å²) in [5, 5.41) is 9.72. The van der Waals surface area contributed by atoms with E-state index in [0.717, 1.165) is 51.2 Å². The smallest absolute Gasteiger partial charge is 0.0540 e. The topological polar surface area (TPSA) is 9.72 Å². The molecule has 13 aromatic carbocycles. The second kappa shape index (κ2) is 18.9. The number of hydrogen-bond acceptors (Lipinski definition) is 3. The van der Waals surface area contributed by atoms with Gasteiger partial charge in [0.15, 0.2) is 0 Å². The van der Waals surface area contributed by atoms with Gasteiger partial charge in [-0.1, -0.05) is 200 Å². The Morgan fingerprint density at radius 2 is 0.466 bits per heavy atom. The Labute approximate surface area is 426 Å². The fraction of sp³-hybridized carbons (Fsp3) is 0. The molecule has 0 radical (unpaired) electrons. The van der Waals surface area contributed by atoms with Gasteiger partial charge in [0, 0.05) is 50.6 Å².